The van der Waals surface area contributed by atoms with Crippen LogP contribution in [0, 0.1) is 0 Å². The van der Waals surface area contributed by atoms with Crippen molar-refractivity contribution in [2.75, 3.05) is 0 Å². The summed E-state index contributed by atoms with van der Waals surface area (Å²) in [5, 5.41) is 3.25. The van der Waals surface area contributed by atoms with Gasteiger partial charge in [0.15, 0.2) is 0 Å². The zero-order chi connectivity index (χ0) is 46.6. The van der Waals surface area contributed by atoms with Gasteiger partial charge in [0.25, 0.3) is 0 Å². The highest BCUT2D eigenvalue weighted by molar-refractivity contribution is 7.46. The Morgan fingerprint density at radius 2 is 0.652 bits per heavy atom. The number of hydrogen-bond acceptors (Lipinski definition) is 8. The second-order valence-electron chi connectivity index (χ2n) is 16.8. The molecule has 10 aromatic carbocycles. The van der Waals surface area contributed by atoms with E-state index in [2.05, 4.69) is 0 Å². The average molecular weight is 924 g/mol. The zero-order valence-corrected chi connectivity index (χ0v) is 38.2. The van der Waals surface area contributed by atoms with Gasteiger partial charge in [-0.3, -0.25) is 0 Å². The molecule has 1 aliphatic rings. The zero-order valence-electron chi connectivity index (χ0n) is 37.3. The Morgan fingerprint density at radius 3 is 0.971 bits per heavy atom. The predicted octanol–water partition coefficient (Wildman–Crippen LogP) is 14.5. The summed E-state index contributed by atoms with van der Waals surface area (Å²) in [7, 11) is -5.18. The highest BCUT2D eigenvalue weighted by Gasteiger charge is 2.33. The fourth-order valence-electron chi connectivity index (χ4n) is 8.77. The lowest BCUT2D eigenvalue weighted by atomic mass is 9.86. The molecule has 1 heterocycles. The molecule has 0 amide bonds. The van der Waals surface area contributed by atoms with E-state index < -0.39 is 7.82 Å². The number of rotatable bonds is 14. The van der Waals surface area contributed by atoms with Gasteiger partial charge >= 0.3 is 7.82 Å². The van der Waals surface area contributed by atoms with Crippen molar-refractivity contribution in [2.24, 2.45) is 0 Å². The summed E-state index contributed by atoms with van der Waals surface area (Å²) < 4.78 is 52.9. The van der Waals surface area contributed by atoms with Gasteiger partial charge in [-0.25, -0.2) is 4.57 Å². The maximum absolute atomic E-state index is 14.6. The summed E-state index contributed by atoms with van der Waals surface area (Å²) in [4.78, 5) is 14.6. The van der Waals surface area contributed by atoms with E-state index >= 15 is 0 Å². The van der Waals surface area contributed by atoms with Crippen LogP contribution < -0.4 is 32.9 Å². The van der Waals surface area contributed by atoms with Crippen molar-refractivity contribution in [3.63, 3.8) is 0 Å². The Hall–Kier alpha value is -8.29. The topological polar surface area (TPSA) is 95.5 Å². The molecule has 338 valence electrons. The Balaban J connectivity index is 1.11. The summed E-state index contributed by atoms with van der Waals surface area (Å²) >= 11 is 0. The minimum absolute atomic E-state index is 0.120. The summed E-state index contributed by atoms with van der Waals surface area (Å²) in [5.41, 5.74) is 7.34. The molecule has 0 radical (unpaired) electrons. The third-order valence-corrected chi connectivity index (χ3v) is 12.8. The van der Waals surface area contributed by atoms with E-state index in [9.17, 15) is 9.46 Å². The molecular weight excluding hydrogens is 880 g/mol. The van der Waals surface area contributed by atoms with Crippen LogP contribution in [0.25, 0.3) is 54.9 Å². The van der Waals surface area contributed by atoms with Crippen LogP contribution in [0.5, 0.6) is 34.5 Å². The van der Waals surface area contributed by atoms with Crippen LogP contribution >= 0.6 is 7.82 Å². The van der Waals surface area contributed by atoms with Gasteiger partial charge in [0.05, 0.1) is 0 Å². The summed E-state index contributed by atoms with van der Waals surface area (Å²) in [6.07, 6.45) is 0. The van der Waals surface area contributed by atoms with E-state index in [4.69, 9.17) is 28.0 Å². The summed E-state index contributed by atoms with van der Waals surface area (Å²) in [5.74, 6) is 2.37. The molecule has 0 saturated heterocycles. The molecule has 0 saturated carbocycles. The SMILES string of the molecule is O=P1([O-])Oc2c(-c3cc(OCc4ccccc4)cc(OCc4ccccc4)c3)cc3ccccc3c2-c2c(c(-c3cc(OCc4ccccc4)cc(OCc4ccccc4)c3)cc3ccccc23)O1. The smallest absolute Gasteiger partial charge is 0.372 e. The normalized spacial score (nSPS) is 12.5. The maximum atomic E-state index is 14.6. The second-order valence-corrected chi connectivity index (χ2v) is 18.1. The van der Waals surface area contributed by atoms with E-state index in [-0.39, 0.29) is 11.5 Å². The molecule has 0 N–H and O–H groups in total. The molecular formula is C60H44O8P-. The summed E-state index contributed by atoms with van der Waals surface area (Å²) in [6, 6.07) is 70.6. The molecule has 10 aromatic rings. The Morgan fingerprint density at radius 1 is 0.362 bits per heavy atom. The fraction of sp³-hybridized carbons (Fsp3) is 0.0667. The van der Waals surface area contributed by atoms with Crippen LogP contribution in [0.2, 0.25) is 0 Å². The van der Waals surface area contributed by atoms with E-state index in [1.807, 2.05) is 218 Å². The average Bonchev–Trinajstić information content (AvgIpc) is 3.52. The minimum atomic E-state index is -5.18. The first-order chi connectivity index (χ1) is 33.9. The minimum Gasteiger partial charge on any atom is -0.736 e. The monoisotopic (exact) mass is 923 g/mol. The van der Waals surface area contributed by atoms with Gasteiger partial charge in [0, 0.05) is 34.4 Å². The molecule has 1 aliphatic heterocycles. The van der Waals surface area contributed by atoms with E-state index in [0.717, 1.165) is 43.8 Å². The van der Waals surface area contributed by atoms with Crippen molar-refractivity contribution in [3.8, 4) is 67.9 Å². The number of phosphoric acid groups is 1. The largest absolute Gasteiger partial charge is 0.736 e. The van der Waals surface area contributed by atoms with Crippen LogP contribution in [-0.2, 0) is 31.0 Å². The van der Waals surface area contributed by atoms with Gasteiger partial charge in [-0.05, 0) is 91.3 Å². The van der Waals surface area contributed by atoms with E-state index in [1.54, 1.807) is 0 Å². The van der Waals surface area contributed by atoms with E-state index in [0.29, 0.717) is 82.8 Å². The fourth-order valence-corrected chi connectivity index (χ4v) is 9.63. The van der Waals surface area contributed by atoms with Crippen LogP contribution in [0.4, 0.5) is 0 Å². The lowest BCUT2D eigenvalue weighted by Crippen LogP contribution is -2.12. The molecule has 0 atom stereocenters. The quantitative estimate of drug-likeness (QED) is 0.0995. The lowest BCUT2D eigenvalue weighted by Gasteiger charge is -2.24. The molecule has 69 heavy (non-hydrogen) atoms. The van der Waals surface area contributed by atoms with Crippen molar-refractivity contribution < 1.29 is 37.5 Å². The number of hydrogen-bond donors (Lipinski definition) is 0. The predicted molar refractivity (Wildman–Crippen MR) is 270 cm³/mol. The van der Waals surface area contributed by atoms with Crippen LogP contribution in [0.3, 0.4) is 0 Å². The van der Waals surface area contributed by atoms with Crippen molar-refractivity contribution in [1.82, 2.24) is 0 Å². The first-order valence-electron chi connectivity index (χ1n) is 22.7. The van der Waals surface area contributed by atoms with Crippen molar-refractivity contribution in [1.29, 1.82) is 0 Å². The highest BCUT2D eigenvalue weighted by atomic mass is 31.2. The molecule has 0 spiro atoms. The van der Waals surface area contributed by atoms with Crippen LogP contribution in [-0.4, -0.2) is 0 Å². The van der Waals surface area contributed by atoms with Crippen molar-refractivity contribution >= 4 is 29.4 Å². The van der Waals surface area contributed by atoms with Gasteiger partial charge in [0.2, 0.25) is 0 Å². The van der Waals surface area contributed by atoms with Crippen molar-refractivity contribution in [3.05, 3.63) is 241 Å². The molecule has 0 aromatic heterocycles. The van der Waals surface area contributed by atoms with Crippen LogP contribution in [0.1, 0.15) is 22.3 Å². The molecule has 0 bridgehead atoms. The molecule has 9 heteroatoms. The number of benzene rings is 10. The van der Waals surface area contributed by atoms with Gasteiger partial charge in [-0.2, -0.15) is 0 Å². The molecule has 0 fully saturated rings. The third kappa shape index (κ3) is 9.63. The Kier molecular flexibility index (Phi) is 12.0. The first kappa shape index (κ1) is 43.3. The van der Waals surface area contributed by atoms with Gasteiger partial charge < -0.3 is 32.9 Å². The van der Waals surface area contributed by atoms with Crippen LogP contribution in [0.15, 0.2) is 218 Å². The summed E-state index contributed by atoms with van der Waals surface area (Å²) in [6.45, 7) is 1.21. The Bertz CT molecular complexity index is 3140. The third-order valence-electron chi connectivity index (χ3n) is 12.0. The number of phosphoric ester groups is 1. The van der Waals surface area contributed by atoms with Gasteiger partial charge in [-0.15, -0.1) is 0 Å². The Labute approximate surface area is 400 Å². The number of fused-ring (bicyclic) bond motifs is 7. The van der Waals surface area contributed by atoms with Crippen molar-refractivity contribution in [2.45, 2.75) is 26.4 Å². The first-order valence-corrected chi connectivity index (χ1v) is 24.2. The standard InChI is InChI=1S/C60H45O8P/c61-69(62)67-59-55(47-29-49(63-37-41-17-5-1-6-18-41)35-50(30-47)64-38-42-19-7-2-8-20-42)33-45-25-13-15-27-53(45)57(59)58-54-28-16-14-26-46(54)34-56(60(58)68-69)48-31-51(65-39-43-21-9-3-10-22-43)36-52(32-48)66-40-44-23-11-4-12-24-44/h1-36H,37-40H2,(H,61,62)/p-1. The van der Waals surface area contributed by atoms with Gasteiger partial charge in [-0.1, -0.05) is 170 Å². The highest BCUT2D eigenvalue weighted by Crippen LogP contribution is 2.60. The molecule has 0 unspecified atom stereocenters. The molecule has 0 aliphatic carbocycles. The van der Waals surface area contributed by atoms with E-state index in [1.165, 1.54) is 0 Å². The molecule has 8 nitrogen and oxygen atoms in total. The number of ether oxygens (including phenoxy) is 4. The second kappa shape index (κ2) is 19.1. The lowest BCUT2D eigenvalue weighted by molar-refractivity contribution is -0.208. The molecule has 11 rings (SSSR count). The van der Waals surface area contributed by atoms with Gasteiger partial charge in [0.1, 0.15) is 60.9 Å². The maximum Gasteiger partial charge on any atom is 0.372 e.